The Labute approximate surface area is 136 Å². The van der Waals surface area contributed by atoms with E-state index in [9.17, 15) is 9.59 Å². The van der Waals surface area contributed by atoms with Crippen molar-refractivity contribution in [1.82, 2.24) is 9.30 Å². The Hall–Kier alpha value is -1.94. The van der Waals surface area contributed by atoms with Crippen molar-refractivity contribution in [3.8, 4) is 0 Å². The number of rotatable bonds is 3. The van der Waals surface area contributed by atoms with Gasteiger partial charge in [-0.2, -0.15) is 0 Å². The summed E-state index contributed by atoms with van der Waals surface area (Å²) in [7, 11) is 0. The van der Waals surface area contributed by atoms with E-state index < -0.39 is 0 Å². The molecule has 2 aromatic rings. The maximum absolute atomic E-state index is 12.6. The molecule has 23 heavy (non-hydrogen) atoms. The molecule has 4 nitrogen and oxygen atoms in total. The maximum atomic E-state index is 12.6. The van der Waals surface area contributed by atoms with Crippen LogP contribution in [0.1, 0.15) is 38.8 Å². The van der Waals surface area contributed by atoms with Gasteiger partial charge in [0.1, 0.15) is 5.78 Å². The third-order valence-electron chi connectivity index (χ3n) is 4.73. The molecule has 0 atom stereocenters. The standard InChI is InChI=1S/C19H24N2O2/c1-13(22)15-11-20(12-15)10-14-5-6-17-9-16(19(2,3)4)7-8-21(17)18(14)23/h5-9,15H,10-12H2,1-4H3. The van der Waals surface area contributed by atoms with E-state index in [-0.39, 0.29) is 22.7 Å². The van der Waals surface area contributed by atoms with Crippen molar-refractivity contribution in [3.63, 3.8) is 0 Å². The van der Waals surface area contributed by atoms with Gasteiger partial charge in [0.15, 0.2) is 0 Å². The zero-order chi connectivity index (χ0) is 16.8. The van der Waals surface area contributed by atoms with Crippen molar-refractivity contribution < 1.29 is 4.79 Å². The number of carbonyl (C=O) groups excluding carboxylic acids is 1. The molecule has 2 aromatic heterocycles. The molecule has 1 aliphatic heterocycles. The minimum Gasteiger partial charge on any atom is -0.300 e. The number of ketones is 1. The van der Waals surface area contributed by atoms with E-state index in [0.29, 0.717) is 6.54 Å². The molecule has 0 N–H and O–H groups in total. The number of pyridine rings is 2. The molecule has 4 heteroatoms. The second-order valence-corrected chi connectivity index (χ2v) is 7.63. The first kappa shape index (κ1) is 15.9. The van der Waals surface area contributed by atoms with Crippen LogP contribution in [0.5, 0.6) is 0 Å². The number of likely N-dealkylation sites (tertiary alicyclic amines) is 1. The summed E-state index contributed by atoms with van der Waals surface area (Å²) in [5, 5.41) is 0. The number of nitrogens with zero attached hydrogens (tertiary/aromatic N) is 2. The van der Waals surface area contributed by atoms with E-state index in [1.807, 2.05) is 24.4 Å². The maximum Gasteiger partial charge on any atom is 0.259 e. The van der Waals surface area contributed by atoms with Crippen molar-refractivity contribution >= 4 is 11.3 Å². The van der Waals surface area contributed by atoms with Crippen LogP contribution in [0.4, 0.5) is 0 Å². The van der Waals surface area contributed by atoms with Gasteiger partial charge in [-0.25, -0.2) is 0 Å². The Bertz CT molecular complexity index is 808. The van der Waals surface area contributed by atoms with Gasteiger partial charge in [-0.1, -0.05) is 26.8 Å². The second-order valence-electron chi connectivity index (χ2n) is 7.63. The van der Waals surface area contributed by atoms with E-state index >= 15 is 0 Å². The number of hydrogen-bond acceptors (Lipinski definition) is 3. The molecule has 1 saturated heterocycles. The summed E-state index contributed by atoms with van der Waals surface area (Å²) in [6.45, 7) is 10.3. The third kappa shape index (κ3) is 3.08. The van der Waals surface area contributed by atoms with E-state index in [0.717, 1.165) is 24.2 Å². The topological polar surface area (TPSA) is 41.8 Å². The first-order valence-electron chi connectivity index (χ1n) is 8.13. The van der Waals surface area contributed by atoms with Crippen LogP contribution in [0.15, 0.2) is 35.3 Å². The molecule has 122 valence electrons. The van der Waals surface area contributed by atoms with Crippen molar-refractivity contribution in [2.24, 2.45) is 5.92 Å². The van der Waals surface area contributed by atoms with E-state index in [4.69, 9.17) is 0 Å². The van der Waals surface area contributed by atoms with Crippen molar-refractivity contribution in [1.29, 1.82) is 0 Å². The van der Waals surface area contributed by atoms with Gasteiger partial charge in [-0.15, -0.1) is 0 Å². The van der Waals surface area contributed by atoms with Gasteiger partial charge in [-0.05, 0) is 36.1 Å². The van der Waals surface area contributed by atoms with Crippen molar-refractivity contribution in [2.75, 3.05) is 13.1 Å². The lowest BCUT2D eigenvalue weighted by Crippen LogP contribution is -2.49. The minimum absolute atomic E-state index is 0.0363. The number of Topliss-reactive ketones (excluding diaryl/α,β-unsaturated/α-hetero) is 1. The van der Waals surface area contributed by atoms with Crippen molar-refractivity contribution in [2.45, 2.75) is 39.7 Å². The molecule has 3 heterocycles. The van der Waals surface area contributed by atoms with Gasteiger partial charge in [-0.3, -0.25) is 18.9 Å². The highest BCUT2D eigenvalue weighted by Crippen LogP contribution is 2.23. The highest BCUT2D eigenvalue weighted by molar-refractivity contribution is 5.79. The predicted octanol–water partition coefficient (Wildman–Crippen LogP) is 2.62. The Kier molecular flexibility index (Phi) is 3.88. The first-order valence-corrected chi connectivity index (χ1v) is 8.13. The molecular weight excluding hydrogens is 288 g/mol. The van der Waals surface area contributed by atoms with Crippen molar-refractivity contribution in [3.05, 3.63) is 51.9 Å². The van der Waals surface area contributed by atoms with Crippen LogP contribution in [0, 0.1) is 5.92 Å². The van der Waals surface area contributed by atoms with Gasteiger partial charge in [0.2, 0.25) is 0 Å². The lowest BCUT2D eigenvalue weighted by atomic mass is 9.87. The Morgan fingerprint density at radius 3 is 2.52 bits per heavy atom. The summed E-state index contributed by atoms with van der Waals surface area (Å²) in [5.74, 6) is 0.388. The number of carbonyl (C=O) groups is 1. The summed E-state index contributed by atoms with van der Waals surface area (Å²) in [6, 6.07) is 8.04. The normalized spacial score (nSPS) is 16.5. The Balaban J connectivity index is 1.85. The fourth-order valence-corrected chi connectivity index (χ4v) is 3.03. The molecule has 0 amide bonds. The molecule has 0 spiro atoms. The average Bonchev–Trinajstić information content (AvgIpc) is 2.42. The highest BCUT2D eigenvalue weighted by Gasteiger charge is 2.30. The van der Waals surface area contributed by atoms with Crippen LogP contribution in [0.2, 0.25) is 0 Å². The van der Waals surface area contributed by atoms with E-state index in [1.165, 1.54) is 5.56 Å². The zero-order valence-electron chi connectivity index (χ0n) is 14.3. The smallest absolute Gasteiger partial charge is 0.259 e. The lowest BCUT2D eigenvalue weighted by molar-refractivity contribution is -0.126. The Morgan fingerprint density at radius 1 is 1.22 bits per heavy atom. The van der Waals surface area contributed by atoms with Crippen LogP contribution in [-0.4, -0.2) is 28.2 Å². The van der Waals surface area contributed by atoms with E-state index in [1.54, 1.807) is 11.3 Å². The van der Waals surface area contributed by atoms with Crippen LogP contribution in [-0.2, 0) is 16.8 Å². The van der Waals surface area contributed by atoms with Gasteiger partial charge in [0.05, 0.1) is 0 Å². The fourth-order valence-electron chi connectivity index (χ4n) is 3.03. The zero-order valence-corrected chi connectivity index (χ0v) is 14.3. The average molecular weight is 312 g/mol. The minimum atomic E-state index is 0.0363. The van der Waals surface area contributed by atoms with Crippen LogP contribution in [0.3, 0.4) is 0 Å². The van der Waals surface area contributed by atoms with Gasteiger partial charge >= 0.3 is 0 Å². The highest BCUT2D eigenvalue weighted by atomic mass is 16.1. The predicted molar refractivity (Wildman–Crippen MR) is 91.8 cm³/mol. The third-order valence-corrected chi connectivity index (χ3v) is 4.73. The van der Waals surface area contributed by atoms with Gasteiger partial charge < -0.3 is 0 Å². The Morgan fingerprint density at radius 2 is 1.91 bits per heavy atom. The first-order chi connectivity index (χ1) is 10.8. The molecule has 0 aromatic carbocycles. The summed E-state index contributed by atoms with van der Waals surface area (Å²) < 4.78 is 1.72. The molecule has 0 saturated carbocycles. The van der Waals surface area contributed by atoms with E-state index in [2.05, 4.69) is 31.7 Å². The molecule has 0 radical (unpaired) electrons. The number of hydrogen-bond donors (Lipinski definition) is 0. The molecule has 0 bridgehead atoms. The largest absolute Gasteiger partial charge is 0.300 e. The summed E-state index contributed by atoms with van der Waals surface area (Å²) in [6.07, 6.45) is 1.87. The summed E-state index contributed by atoms with van der Waals surface area (Å²) in [4.78, 5) is 26.1. The fraction of sp³-hybridized carbons (Fsp3) is 0.474. The van der Waals surface area contributed by atoms with Crippen LogP contribution in [0.25, 0.3) is 5.52 Å². The monoisotopic (exact) mass is 312 g/mol. The van der Waals surface area contributed by atoms with Gasteiger partial charge in [0.25, 0.3) is 5.56 Å². The number of fused-ring (bicyclic) bond motifs is 1. The quantitative estimate of drug-likeness (QED) is 0.875. The molecular formula is C19H24N2O2. The van der Waals surface area contributed by atoms with Crippen LogP contribution < -0.4 is 5.56 Å². The molecule has 0 unspecified atom stereocenters. The van der Waals surface area contributed by atoms with Gasteiger partial charge in [0, 0.05) is 42.8 Å². The lowest BCUT2D eigenvalue weighted by Gasteiger charge is -2.37. The summed E-state index contributed by atoms with van der Waals surface area (Å²) in [5.41, 5.74) is 3.03. The molecule has 1 aliphatic rings. The second kappa shape index (κ2) is 5.60. The SMILES string of the molecule is CC(=O)C1CN(Cc2ccc3cc(C(C)(C)C)ccn3c2=O)C1. The number of aromatic nitrogens is 1. The molecule has 3 rings (SSSR count). The summed E-state index contributed by atoms with van der Waals surface area (Å²) >= 11 is 0. The molecule has 0 aliphatic carbocycles. The molecule has 1 fully saturated rings. The van der Waals surface area contributed by atoms with Crippen LogP contribution >= 0.6 is 0 Å².